The quantitative estimate of drug-likeness (QED) is 0.434. The van der Waals surface area contributed by atoms with Crippen LogP contribution >= 0.6 is 0 Å². The lowest BCUT2D eigenvalue weighted by molar-refractivity contribution is -0.0381. The fourth-order valence-corrected chi connectivity index (χ4v) is 9.11. The molecule has 0 spiro atoms. The molecule has 0 bridgehead atoms. The molecular weight excluding hydrogens is 364 g/mol. The average molecular weight is 415 g/mol. The average Bonchev–Trinajstić information content (AvgIpc) is 3.06. The molecule has 1 N–H and O–H groups in total. The molecule has 1 nitrogen and oxygen atoms in total. The number of hydrogen-bond donors (Lipinski definition) is 1. The number of aliphatic hydroxyl groups excluding tert-OH is 1. The SMILES string of the molecule is CCC(CCC(C)[C@H]1CCC2=C3CC[C@H]4C[C@@H](O)CC[C@]4(C)C3CC[C@@]21C)C(C)C. The lowest BCUT2D eigenvalue weighted by Crippen LogP contribution is -2.48. The van der Waals surface area contributed by atoms with E-state index in [0.717, 1.165) is 48.3 Å². The minimum atomic E-state index is -0.0272. The normalized spacial score (nSPS) is 43.2. The van der Waals surface area contributed by atoms with Crippen molar-refractivity contribution in [1.29, 1.82) is 0 Å². The van der Waals surface area contributed by atoms with Gasteiger partial charge in [0.1, 0.15) is 0 Å². The van der Waals surface area contributed by atoms with E-state index < -0.39 is 0 Å². The van der Waals surface area contributed by atoms with E-state index in [-0.39, 0.29) is 6.10 Å². The van der Waals surface area contributed by atoms with Crippen LogP contribution in [0.5, 0.6) is 0 Å². The number of hydrogen-bond acceptors (Lipinski definition) is 1. The van der Waals surface area contributed by atoms with E-state index in [1.165, 1.54) is 64.2 Å². The molecule has 8 atom stereocenters. The number of allylic oxidation sites excluding steroid dienone is 2. The van der Waals surface area contributed by atoms with Crippen molar-refractivity contribution in [1.82, 2.24) is 0 Å². The molecule has 0 amide bonds. The van der Waals surface area contributed by atoms with Gasteiger partial charge in [-0.3, -0.25) is 0 Å². The Balaban J connectivity index is 1.52. The van der Waals surface area contributed by atoms with Crippen LogP contribution in [-0.2, 0) is 0 Å². The topological polar surface area (TPSA) is 20.2 Å². The van der Waals surface area contributed by atoms with Crippen molar-refractivity contribution >= 4 is 0 Å². The second-order valence-electron chi connectivity index (χ2n) is 12.8. The number of rotatable bonds is 6. The third-order valence-corrected chi connectivity index (χ3v) is 11.2. The van der Waals surface area contributed by atoms with E-state index >= 15 is 0 Å². The third kappa shape index (κ3) is 3.74. The summed E-state index contributed by atoms with van der Waals surface area (Å²) in [6.07, 6.45) is 15.9. The molecule has 0 aromatic heterocycles. The van der Waals surface area contributed by atoms with Gasteiger partial charge < -0.3 is 5.11 Å². The molecule has 0 saturated heterocycles. The molecule has 0 aliphatic heterocycles. The van der Waals surface area contributed by atoms with Crippen LogP contribution in [0.15, 0.2) is 11.1 Å². The maximum absolute atomic E-state index is 10.3. The van der Waals surface area contributed by atoms with Crippen LogP contribution in [0.3, 0.4) is 0 Å². The molecule has 3 fully saturated rings. The van der Waals surface area contributed by atoms with Gasteiger partial charge in [-0.2, -0.15) is 0 Å². The fraction of sp³-hybridized carbons (Fsp3) is 0.931. The Bertz CT molecular complexity index is 647. The lowest BCUT2D eigenvalue weighted by Gasteiger charge is -2.56. The van der Waals surface area contributed by atoms with Crippen LogP contribution in [0, 0.1) is 46.3 Å². The molecule has 4 aliphatic carbocycles. The van der Waals surface area contributed by atoms with Gasteiger partial charge in [-0.05, 0) is 111 Å². The van der Waals surface area contributed by atoms with Crippen molar-refractivity contribution < 1.29 is 5.11 Å². The Labute approximate surface area is 187 Å². The summed E-state index contributed by atoms with van der Waals surface area (Å²) in [6, 6.07) is 0. The van der Waals surface area contributed by atoms with Gasteiger partial charge in [0.05, 0.1) is 6.10 Å². The van der Waals surface area contributed by atoms with Crippen molar-refractivity contribution in [3.63, 3.8) is 0 Å². The standard InChI is InChI=1S/C29H50O/c1-7-21(19(2)3)9-8-20(4)25-12-13-26-24-11-10-22-18-23(30)14-16-28(22,5)27(24)15-17-29(25,26)6/h19-23,25,27,30H,7-18H2,1-6H3/t20?,21?,22-,23-,25+,27?,28-,29+/m0/s1. The second kappa shape index (κ2) is 8.57. The number of aliphatic hydroxyl groups is 1. The minimum absolute atomic E-state index is 0.0272. The van der Waals surface area contributed by atoms with Crippen molar-refractivity contribution in [2.24, 2.45) is 46.3 Å². The summed E-state index contributed by atoms with van der Waals surface area (Å²) in [5.41, 5.74) is 4.80. The van der Waals surface area contributed by atoms with Gasteiger partial charge >= 0.3 is 0 Å². The maximum atomic E-state index is 10.3. The smallest absolute Gasteiger partial charge is 0.0543 e. The van der Waals surface area contributed by atoms with Crippen LogP contribution in [-0.4, -0.2) is 11.2 Å². The van der Waals surface area contributed by atoms with E-state index in [1.54, 1.807) is 0 Å². The second-order valence-corrected chi connectivity index (χ2v) is 12.8. The van der Waals surface area contributed by atoms with Crippen LogP contribution in [0.4, 0.5) is 0 Å². The van der Waals surface area contributed by atoms with Crippen molar-refractivity contribution in [2.45, 2.75) is 125 Å². The highest BCUT2D eigenvalue weighted by atomic mass is 16.3. The summed E-state index contributed by atoms with van der Waals surface area (Å²) in [5.74, 6) is 5.11. The van der Waals surface area contributed by atoms with Crippen LogP contribution in [0.1, 0.15) is 119 Å². The molecule has 4 aliphatic rings. The summed E-state index contributed by atoms with van der Waals surface area (Å²) in [6.45, 7) is 15.1. The largest absolute Gasteiger partial charge is 0.393 e. The zero-order valence-electron chi connectivity index (χ0n) is 21.0. The molecule has 3 unspecified atom stereocenters. The van der Waals surface area contributed by atoms with E-state index in [1.807, 2.05) is 11.1 Å². The zero-order valence-corrected chi connectivity index (χ0v) is 21.0. The molecule has 0 radical (unpaired) electrons. The van der Waals surface area contributed by atoms with E-state index in [0.29, 0.717) is 10.8 Å². The summed E-state index contributed by atoms with van der Waals surface area (Å²) >= 11 is 0. The first kappa shape index (κ1) is 22.9. The zero-order chi connectivity index (χ0) is 21.7. The Hall–Kier alpha value is -0.300. The predicted molar refractivity (Wildman–Crippen MR) is 128 cm³/mol. The van der Waals surface area contributed by atoms with Gasteiger partial charge in [0.15, 0.2) is 0 Å². The van der Waals surface area contributed by atoms with Gasteiger partial charge in [-0.25, -0.2) is 0 Å². The van der Waals surface area contributed by atoms with Crippen molar-refractivity contribution in [3.8, 4) is 0 Å². The first-order chi connectivity index (χ1) is 14.2. The van der Waals surface area contributed by atoms with Gasteiger partial charge in [-0.15, -0.1) is 0 Å². The Morgan fingerprint density at radius 1 is 0.967 bits per heavy atom. The van der Waals surface area contributed by atoms with E-state index in [4.69, 9.17) is 0 Å². The minimum Gasteiger partial charge on any atom is -0.393 e. The Kier molecular flexibility index (Phi) is 6.53. The number of fused-ring (bicyclic) bond motifs is 4. The van der Waals surface area contributed by atoms with Crippen LogP contribution < -0.4 is 0 Å². The summed E-state index contributed by atoms with van der Waals surface area (Å²) in [4.78, 5) is 0. The third-order valence-electron chi connectivity index (χ3n) is 11.2. The fourth-order valence-electron chi connectivity index (χ4n) is 9.11. The molecule has 0 heterocycles. The van der Waals surface area contributed by atoms with E-state index in [2.05, 4.69) is 41.5 Å². The van der Waals surface area contributed by atoms with Crippen molar-refractivity contribution in [3.05, 3.63) is 11.1 Å². The summed E-state index contributed by atoms with van der Waals surface area (Å²) in [5, 5.41) is 10.3. The predicted octanol–water partition coefficient (Wildman–Crippen LogP) is 8.17. The van der Waals surface area contributed by atoms with Crippen LogP contribution in [0.25, 0.3) is 0 Å². The van der Waals surface area contributed by atoms with Gasteiger partial charge in [-0.1, -0.05) is 65.5 Å². The lowest BCUT2D eigenvalue weighted by atomic mass is 9.49. The summed E-state index contributed by atoms with van der Waals surface area (Å²) < 4.78 is 0. The highest BCUT2D eigenvalue weighted by molar-refractivity contribution is 5.34. The molecule has 4 rings (SSSR count). The highest BCUT2D eigenvalue weighted by Crippen LogP contribution is 2.65. The highest BCUT2D eigenvalue weighted by Gasteiger charge is 2.55. The monoisotopic (exact) mass is 414 g/mol. The van der Waals surface area contributed by atoms with Crippen molar-refractivity contribution in [2.75, 3.05) is 0 Å². The summed E-state index contributed by atoms with van der Waals surface area (Å²) in [7, 11) is 0. The Morgan fingerprint density at radius 3 is 2.43 bits per heavy atom. The van der Waals surface area contributed by atoms with Gasteiger partial charge in [0, 0.05) is 0 Å². The first-order valence-corrected chi connectivity index (χ1v) is 13.6. The van der Waals surface area contributed by atoms with Gasteiger partial charge in [0.25, 0.3) is 0 Å². The van der Waals surface area contributed by atoms with E-state index in [9.17, 15) is 5.11 Å². The molecule has 3 saturated carbocycles. The molecule has 30 heavy (non-hydrogen) atoms. The molecule has 0 aromatic rings. The maximum Gasteiger partial charge on any atom is 0.0543 e. The van der Waals surface area contributed by atoms with Gasteiger partial charge in [0.2, 0.25) is 0 Å². The first-order valence-electron chi connectivity index (χ1n) is 13.6. The molecule has 0 aromatic carbocycles. The molecular formula is C29H50O. The molecule has 1 heteroatoms. The molecule has 172 valence electrons. The van der Waals surface area contributed by atoms with Crippen LogP contribution in [0.2, 0.25) is 0 Å². The Morgan fingerprint density at radius 2 is 1.73 bits per heavy atom.